The van der Waals surface area contributed by atoms with Crippen molar-refractivity contribution in [3.63, 3.8) is 0 Å². The van der Waals surface area contributed by atoms with E-state index in [1.165, 1.54) is 10.0 Å². The normalized spacial score (nSPS) is 12.3. The van der Waals surface area contributed by atoms with E-state index >= 15 is 0 Å². The van der Waals surface area contributed by atoms with Crippen LogP contribution in [0.4, 0.5) is 0 Å². The average molecular weight is 326 g/mol. The maximum Gasteiger partial charge on any atom is 0.119 e. The summed E-state index contributed by atoms with van der Waals surface area (Å²) in [5.41, 5.74) is 1.30. The van der Waals surface area contributed by atoms with Crippen LogP contribution in [0.5, 0.6) is 5.75 Å². The lowest BCUT2D eigenvalue weighted by atomic mass is 10.1. The summed E-state index contributed by atoms with van der Waals surface area (Å²) < 4.78 is 6.90. The molecule has 0 saturated carbocycles. The molecule has 0 radical (unpaired) electrons. The highest BCUT2D eigenvalue weighted by Crippen LogP contribution is 2.29. The summed E-state index contributed by atoms with van der Waals surface area (Å²) in [6.07, 6.45) is 0.945. The number of ether oxygens (including phenoxy) is 1. The molecule has 18 heavy (non-hydrogen) atoms. The zero-order chi connectivity index (χ0) is 12.8. The lowest BCUT2D eigenvalue weighted by molar-refractivity contribution is 0.290. The summed E-state index contributed by atoms with van der Waals surface area (Å²) in [5, 5.41) is 7.61. The monoisotopic (exact) mass is 325 g/mol. The Kier molecular flexibility index (Phi) is 5.23. The van der Waals surface area contributed by atoms with E-state index in [1.807, 2.05) is 37.4 Å². The topological polar surface area (TPSA) is 21.3 Å². The Labute approximate surface area is 120 Å². The first-order chi connectivity index (χ1) is 8.81. The largest absolute Gasteiger partial charge is 0.494 e. The Bertz CT molecular complexity index is 472. The SMILES string of the molecule is CNC(CCOc1ccccc1)c1cscc1Br. The molecule has 2 nitrogen and oxygen atoms in total. The molecule has 96 valence electrons. The first kappa shape index (κ1) is 13.6. The molecule has 1 atom stereocenters. The zero-order valence-electron chi connectivity index (χ0n) is 10.2. The van der Waals surface area contributed by atoms with Gasteiger partial charge in [-0.1, -0.05) is 18.2 Å². The molecule has 0 aliphatic rings. The van der Waals surface area contributed by atoms with Crippen LogP contribution in [0.2, 0.25) is 0 Å². The van der Waals surface area contributed by atoms with Gasteiger partial charge in [-0.05, 0) is 46.1 Å². The minimum atomic E-state index is 0.328. The van der Waals surface area contributed by atoms with E-state index in [1.54, 1.807) is 11.3 Å². The number of benzene rings is 1. The number of para-hydroxylation sites is 1. The van der Waals surface area contributed by atoms with Gasteiger partial charge in [0.2, 0.25) is 0 Å². The summed E-state index contributed by atoms with van der Waals surface area (Å²) in [7, 11) is 1.98. The molecular weight excluding hydrogens is 310 g/mol. The number of rotatable bonds is 6. The molecule has 0 bridgehead atoms. The zero-order valence-corrected chi connectivity index (χ0v) is 12.6. The maximum atomic E-state index is 5.72. The summed E-state index contributed by atoms with van der Waals surface area (Å²) >= 11 is 5.29. The molecule has 1 unspecified atom stereocenters. The fraction of sp³-hybridized carbons (Fsp3) is 0.286. The van der Waals surface area contributed by atoms with Crippen LogP contribution in [0.1, 0.15) is 18.0 Å². The molecule has 1 N–H and O–H groups in total. The number of thiophene rings is 1. The van der Waals surface area contributed by atoms with Gasteiger partial charge in [-0.2, -0.15) is 11.3 Å². The standard InChI is InChI=1S/C14H16BrNOS/c1-16-14(12-9-18-10-13(12)15)7-8-17-11-5-3-2-4-6-11/h2-6,9-10,14,16H,7-8H2,1H3. The van der Waals surface area contributed by atoms with Crippen molar-refractivity contribution in [2.75, 3.05) is 13.7 Å². The highest BCUT2D eigenvalue weighted by Gasteiger charge is 2.13. The second-order valence-corrected chi connectivity index (χ2v) is 5.56. The maximum absolute atomic E-state index is 5.72. The highest BCUT2D eigenvalue weighted by atomic mass is 79.9. The van der Waals surface area contributed by atoms with Gasteiger partial charge in [-0.3, -0.25) is 0 Å². The molecule has 0 amide bonds. The second-order valence-electron chi connectivity index (χ2n) is 3.97. The van der Waals surface area contributed by atoms with E-state index in [0.717, 1.165) is 12.2 Å². The Morgan fingerprint density at radius 2 is 2.06 bits per heavy atom. The van der Waals surface area contributed by atoms with Crippen LogP contribution < -0.4 is 10.1 Å². The van der Waals surface area contributed by atoms with Crippen molar-refractivity contribution in [2.24, 2.45) is 0 Å². The quantitative estimate of drug-likeness (QED) is 0.857. The average Bonchev–Trinajstić information content (AvgIpc) is 2.82. The molecule has 1 heterocycles. The predicted octanol–water partition coefficient (Wildman–Crippen LogP) is 4.24. The summed E-state index contributed by atoms with van der Waals surface area (Å²) in [4.78, 5) is 0. The van der Waals surface area contributed by atoms with Crippen molar-refractivity contribution in [3.05, 3.63) is 51.1 Å². The fourth-order valence-corrected chi connectivity index (χ4v) is 3.43. The number of nitrogens with one attached hydrogen (secondary N) is 1. The van der Waals surface area contributed by atoms with E-state index in [4.69, 9.17) is 4.74 Å². The third-order valence-corrected chi connectivity index (χ3v) is 4.54. The molecule has 2 rings (SSSR count). The molecule has 1 aromatic heterocycles. The Balaban J connectivity index is 1.87. The van der Waals surface area contributed by atoms with Crippen molar-refractivity contribution >= 4 is 27.3 Å². The van der Waals surface area contributed by atoms with E-state index in [-0.39, 0.29) is 0 Å². The Morgan fingerprint density at radius 1 is 1.28 bits per heavy atom. The van der Waals surface area contributed by atoms with Crippen LogP contribution >= 0.6 is 27.3 Å². The molecule has 2 aromatic rings. The Morgan fingerprint density at radius 3 is 2.67 bits per heavy atom. The second kappa shape index (κ2) is 6.92. The molecular formula is C14H16BrNOS. The van der Waals surface area contributed by atoms with E-state index in [2.05, 4.69) is 32.0 Å². The van der Waals surface area contributed by atoms with Crippen molar-refractivity contribution in [1.82, 2.24) is 5.32 Å². The molecule has 4 heteroatoms. The van der Waals surface area contributed by atoms with Gasteiger partial charge in [0.15, 0.2) is 0 Å². The van der Waals surface area contributed by atoms with Crippen LogP contribution in [0.3, 0.4) is 0 Å². The first-order valence-corrected chi connectivity index (χ1v) is 7.61. The summed E-state index contributed by atoms with van der Waals surface area (Å²) in [6, 6.07) is 10.3. The number of halogens is 1. The van der Waals surface area contributed by atoms with Gasteiger partial charge >= 0.3 is 0 Å². The van der Waals surface area contributed by atoms with Gasteiger partial charge in [-0.15, -0.1) is 0 Å². The lowest BCUT2D eigenvalue weighted by Crippen LogP contribution is -2.18. The van der Waals surface area contributed by atoms with Gasteiger partial charge < -0.3 is 10.1 Å². The van der Waals surface area contributed by atoms with Crippen LogP contribution in [-0.4, -0.2) is 13.7 Å². The summed E-state index contributed by atoms with van der Waals surface area (Å²) in [6.45, 7) is 0.706. The van der Waals surface area contributed by atoms with Crippen LogP contribution in [0.15, 0.2) is 45.6 Å². The molecule has 0 saturated heterocycles. The molecule has 0 fully saturated rings. The minimum Gasteiger partial charge on any atom is -0.494 e. The number of hydrogen-bond acceptors (Lipinski definition) is 3. The third-order valence-electron chi connectivity index (χ3n) is 2.78. The molecule has 1 aromatic carbocycles. The lowest BCUT2D eigenvalue weighted by Gasteiger charge is -2.16. The minimum absolute atomic E-state index is 0.328. The number of hydrogen-bond donors (Lipinski definition) is 1. The van der Waals surface area contributed by atoms with Crippen molar-refractivity contribution < 1.29 is 4.74 Å². The van der Waals surface area contributed by atoms with Gasteiger partial charge in [-0.25, -0.2) is 0 Å². The van der Waals surface area contributed by atoms with Crippen molar-refractivity contribution in [1.29, 1.82) is 0 Å². The van der Waals surface area contributed by atoms with E-state index in [9.17, 15) is 0 Å². The van der Waals surface area contributed by atoms with Crippen molar-refractivity contribution in [3.8, 4) is 5.75 Å². The van der Waals surface area contributed by atoms with E-state index < -0.39 is 0 Å². The first-order valence-electron chi connectivity index (χ1n) is 5.88. The summed E-state index contributed by atoms with van der Waals surface area (Å²) in [5.74, 6) is 0.928. The van der Waals surface area contributed by atoms with Gasteiger partial charge in [0.25, 0.3) is 0 Å². The predicted molar refractivity (Wildman–Crippen MR) is 80.4 cm³/mol. The van der Waals surface area contributed by atoms with Gasteiger partial charge in [0.1, 0.15) is 5.75 Å². The smallest absolute Gasteiger partial charge is 0.119 e. The van der Waals surface area contributed by atoms with Crippen LogP contribution in [0, 0.1) is 0 Å². The molecule has 0 aliphatic carbocycles. The van der Waals surface area contributed by atoms with Gasteiger partial charge in [0.05, 0.1) is 6.61 Å². The van der Waals surface area contributed by atoms with Crippen molar-refractivity contribution in [2.45, 2.75) is 12.5 Å². The highest BCUT2D eigenvalue weighted by molar-refractivity contribution is 9.10. The Hall–Kier alpha value is -0.840. The van der Waals surface area contributed by atoms with Gasteiger partial charge in [0, 0.05) is 22.3 Å². The van der Waals surface area contributed by atoms with E-state index in [0.29, 0.717) is 12.6 Å². The molecule has 0 spiro atoms. The van der Waals surface area contributed by atoms with Crippen LogP contribution in [-0.2, 0) is 0 Å². The van der Waals surface area contributed by atoms with Crippen LogP contribution in [0.25, 0.3) is 0 Å². The third kappa shape index (κ3) is 3.57. The molecule has 0 aliphatic heterocycles. The fourth-order valence-electron chi connectivity index (χ4n) is 1.81.